The van der Waals surface area contributed by atoms with Crippen LogP contribution in [0.3, 0.4) is 0 Å². The number of H-pyrrole nitrogens is 1. The standard InChI is InChI=1S/C27H19Cl2F4N7O2/c28-19-11-21-24(41)34-12-17(40(21)23(19)29)9-14-1-6-20(30)18(10-14)25(42)38-7-8-39-22(13-38)36-37-26(39)35-16-4-2-15(3-5-16)27(31,32)33/h1-6,10-12H,7-9,13H2,(H,34,41)(H,35,37). The quantitative estimate of drug-likeness (QED) is 0.247. The molecule has 5 aromatic rings. The van der Waals surface area contributed by atoms with E-state index in [1.165, 1.54) is 51.9 Å². The summed E-state index contributed by atoms with van der Waals surface area (Å²) in [5.74, 6) is -0.514. The molecule has 0 bridgehead atoms. The summed E-state index contributed by atoms with van der Waals surface area (Å²) in [7, 11) is 0. The number of benzene rings is 2. The van der Waals surface area contributed by atoms with E-state index in [0.29, 0.717) is 28.7 Å². The fraction of sp³-hybridized carbons (Fsp3) is 0.185. The molecule has 0 saturated carbocycles. The van der Waals surface area contributed by atoms with Crippen LogP contribution in [0.4, 0.5) is 29.2 Å². The van der Waals surface area contributed by atoms with Crippen LogP contribution in [-0.4, -0.2) is 41.5 Å². The molecule has 0 aliphatic carbocycles. The normalized spacial score (nSPS) is 13.4. The number of aromatic amines is 1. The van der Waals surface area contributed by atoms with Crippen LogP contribution >= 0.6 is 23.2 Å². The first-order chi connectivity index (χ1) is 20.0. The van der Waals surface area contributed by atoms with Gasteiger partial charge in [-0.3, -0.25) is 18.6 Å². The van der Waals surface area contributed by atoms with Crippen molar-refractivity contribution in [3.8, 4) is 0 Å². The third-order valence-corrected chi connectivity index (χ3v) is 7.70. The van der Waals surface area contributed by atoms with E-state index >= 15 is 0 Å². The van der Waals surface area contributed by atoms with Gasteiger partial charge in [-0.05, 0) is 48.0 Å². The second-order valence-electron chi connectivity index (χ2n) is 9.62. The van der Waals surface area contributed by atoms with Crippen molar-refractivity contribution in [2.24, 2.45) is 0 Å². The number of hydrogen-bond acceptors (Lipinski definition) is 5. The lowest BCUT2D eigenvalue weighted by Gasteiger charge is -2.28. The highest BCUT2D eigenvalue weighted by atomic mass is 35.5. The number of alkyl halides is 3. The molecule has 0 saturated heterocycles. The van der Waals surface area contributed by atoms with E-state index in [-0.39, 0.29) is 52.9 Å². The van der Waals surface area contributed by atoms with E-state index in [0.717, 1.165) is 12.1 Å². The first kappa shape index (κ1) is 27.8. The Morgan fingerprint density at radius 3 is 2.55 bits per heavy atom. The smallest absolute Gasteiger partial charge is 0.329 e. The van der Waals surface area contributed by atoms with Gasteiger partial charge in [-0.15, -0.1) is 10.2 Å². The molecule has 0 radical (unpaired) electrons. The zero-order valence-electron chi connectivity index (χ0n) is 21.3. The zero-order chi connectivity index (χ0) is 29.8. The SMILES string of the molecule is O=C(c1cc(Cc2c[nH]c(=O)c3cc(Cl)c(Cl)n23)ccc1F)N1CCn2c(nnc2Nc2ccc(C(F)(F)F)cc2)C1. The first-order valence-electron chi connectivity index (χ1n) is 12.5. The lowest BCUT2D eigenvalue weighted by molar-refractivity contribution is -0.137. The lowest BCUT2D eigenvalue weighted by atomic mass is 10.0. The van der Waals surface area contributed by atoms with Crippen LogP contribution in [0.5, 0.6) is 0 Å². The van der Waals surface area contributed by atoms with Crippen LogP contribution in [0.2, 0.25) is 10.2 Å². The Labute approximate surface area is 244 Å². The van der Waals surface area contributed by atoms with Gasteiger partial charge in [0.1, 0.15) is 16.5 Å². The monoisotopic (exact) mass is 619 g/mol. The van der Waals surface area contributed by atoms with Gasteiger partial charge in [0.05, 0.1) is 22.7 Å². The molecule has 42 heavy (non-hydrogen) atoms. The van der Waals surface area contributed by atoms with Gasteiger partial charge in [-0.1, -0.05) is 29.3 Å². The Morgan fingerprint density at radius 1 is 1.05 bits per heavy atom. The number of anilines is 2. The summed E-state index contributed by atoms with van der Waals surface area (Å²) < 4.78 is 56.6. The van der Waals surface area contributed by atoms with Crippen LogP contribution in [0, 0.1) is 5.82 Å². The number of aromatic nitrogens is 5. The molecule has 15 heteroatoms. The number of halogens is 6. The van der Waals surface area contributed by atoms with Crippen molar-refractivity contribution in [1.82, 2.24) is 29.0 Å². The topological polar surface area (TPSA) is 100 Å². The highest BCUT2D eigenvalue weighted by Crippen LogP contribution is 2.31. The molecule has 1 aliphatic rings. The van der Waals surface area contributed by atoms with Crippen LogP contribution in [0.15, 0.2) is 59.5 Å². The summed E-state index contributed by atoms with van der Waals surface area (Å²) in [5, 5.41) is 11.5. The number of hydrogen-bond donors (Lipinski definition) is 2. The second kappa shape index (κ2) is 10.5. The van der Waals surface area contributed by atoms with Gasteiger partial charge in [0.25, 0.3) is 11.5 Å². The number of rotatable bonds is 5. The van der Waals surface area contributed by atoms with Crippen LogP contribution in [0.1, 0.15) is 33.0 Å². The summed E-state index contributed by atoms with van der Waals surface area (Å²) in [5.41, 5.74) is 0.526. The van der Waals surface area contributed by atoms with Gasteiger partial charge in [-0.25, -0.2) is 4.39 Å². The average Bonchev–Trinajstić information content (AvgIpc) is 3.50. The molecule has 0 unspecified atom stereocenters. The summed E-state index contributed by atoms with van der Waals surface area (Å²) in [6, 6.07) is 10.1. The van der Waals surface area contributed by atoms with Crippen molar-refractivity contribution in [3.63, 3.8) is 0 Å². The maximum atomic E-state index is 14.9. The molecule has 6 rings (SSSR count). The summed E-state index contributed by atoms with van der Waals surface area (Å²) in [6.45, 7) is 0.538. The van der Waals surface area contributed by atoms with Gasteiger partial charge < -0.3 is 15.2 Å². The van der Waals surface area contributed by atoms with E-state index in [2.05, 4.69) is 20.5 Å². The maximum Gasteiger partial charge on any atom is 0.416 e. The van der Waals surface area contributed by atoms with Crippen LogP contribution < -0.4 is 10.9 Å². The highest BCUT2D eigenvalue weighted by Gasteiger charge is 2.30. The molecule has 2 N–H and O–H groups in total. The molecular formula is C27H19Cl2F4N7O2. The van der Waals surface area contributed by atoms with Gasteiger partial charge in [-0.2, -0.15) is 13.2 Å². The molecule has 0 fully saturated rings. The number of carbonyl (C=O) groups excluding carboxylic acids is 1. The number of amides is 1. The van der Waals surface area contributed by atoms with E-state index in [9.17, 15) is 27.2 Å². The van der Waals surface area contributed by atoms with Crippen molar-refractivity contribution in [1.29, 1.82) is 0 Å². The Balaban J connectivity index is 1.20. The van der Waals surface area contributed by atoms with E-state index in [1.54, 1.807) is 4.57 Å². The fourth-order valence-corrected chi connectivity index (χ4v) is 5.28. The Morgan fingerprint density at radius 2 is 1.81 bits per heavy atom. The molecule has 2 aromatic carbocycles. The van der Waals surface area contributed by atoms with Gasteiger partial charge in [0.15, 0.2) is 5.82 Å². The average molecular weight is 620 g/mol. The molecule has 1 aliphatic heterocycles. The number of carbonyl (C=O) groups is 1. The Hall–Kier alpha value is -4.36. The molecule has 3 aromatic heterocycles. The third kappa shape index (κ3) is 5.09. The van der Waals surface area contributed by atoms with Crippen molar-refractivity contribution in [2.45, 2.75) is 25.7 Å². The maximum absolute atomic E-state index is 14.9. The van der Waals surface area contributed by atoms with Crippen molar-refractivity contribution in [2.75, 3.05) is 11.9 Å². The Kier molecular flexibility index (Phi) is 6.93. The molecule has 1 amide bonds. The minimum Gasteiger partial charge on any atom is -0.329 e. The molecule has 0 spiro atoms. The second-order valence-corrected chi connectivity index (χ2v) is 10.4. The highest BCUT2D eigenvalue weighted by molar-refractivity contribution is 6.42. The number of nitrogens with zero attached hydrogens (tertiary/aromatic N) is 5. The van der Waals surface area contributed by atoms with Crippen LogP contribution in [-0.2, 0) is 25.7 Å². The minimum absolute atomic E-state index is 0.0439. The minimum atomic E-state index is -4.44. The fourth-order valence-electron chi connectivity index (χ4n) is 4.84. The first-order valence-corrected chi connectivity index (χ1v) is 13.3. The van der Waals surface area contributed by atoms with Crippen LogP contribution in [0.25, 0.3) is 5.52 Å². The van der Waals surface area contributed by atoms with Crippen molar-refractivity contribution >= 4 is 46.3 Å². The molecule has 216 valence electrons. The van der Waals surface area contributed by atoms with Crippen molar-refractivity contribution in [3.05, 3.63) is 109 Å². The van der Waals surface area contributed by atoms with Gasteiger partial charge >= 0.3 is 6.18 Å². The Bertz CT molecular complexity index is 1900. The number of nitrogens with one attached hydrogen (secondary N) is 2. The van der Waals surface area contributed by atoms with E-state index < -0.39 is 23.5 Å². The molecule has 9 nitrogen and oxygen atoms in total. The van der Waals surface area contributed by atoms with Gasteiger partial charge in [0, 0.05) is 37.1 Å². The predicted octanol–water partition coefficient (Wildman–Crippen LogP) is 5.67. The van der Waals surface area contributed by atoms with E-state index in [1.807, 2.05) is 0 Å². The number of fused-ring (bicyclic) bond motifs is 2. The summed E-state index contributed by atoms with van der Waals surface area (Å²) >= 11 is 12.4. The zero-order valence-corrected chi connectivity index (χ0v) is 22.9. The molecule has 0 atom stereocenters. The van der Waals surface area contributed by atoms with Gasteiger partial charge in [0.2, 0.25) is 5.95 Å². The lowest BCUT2D eigenvalue weighted by Crippen LogP contribution is -2.39. The van der Waals surface area contributed by atoms with Crippen molar-refractivity contribution < 1.29 is 22.4 Å². The predicted molar refractivity (Wildman–Crippen MR) is 147 cm³/mol. The largest absolute Gasteiger partial charge is 0.416 e. The molecule has 4 heterocycles. The summed E-state index contributed by atoms with van der Waals surface area (Å²) in [6.07, 6.45) is -2.75. The third-order valence-electron chi connectivity index (χ3n) is 6.94. The van der Waals surface area contributed by atoms with E-state index in [4.69, 9.17) is 23.2 Å². The summed E-state index contributed by atoms with van der Waals surface area (Å²) in [4.78, 5) is 29.7. The molecular weight excluding hydrogens is 601 g/mol.